The molecule has 1 unspecified atom stereocenters. The first kappa shape index (κ1) is 16.7. The van der Waals surface area contributed by atoms with E-state index in [0.29, 0.717) is 11.7 Å². The van der Waals surface area contributed by atoms with Crippen molar-refractivity contribution in [1.29, 1.82) is 0 Å². The fourth-order valence-electron chi connectivity index (χ4n) is 2.15. The number of aromatic nitrogens is 1. The van der Waals surface area contributed by atoms with E-state index in [4.69, 9.17) is 10.5 Å². The molecule has 0 fully saturated rings. The maximum absolute atomic E-state index is 11.8. The Hall–Kier alpha value is -1.63. The average Bonchev–Trinajstić information content (AvgIpc) is 3.14. The van der Waals surface area contributed by atoms with E-state index in [1.807, 2.05) is 17.5 Å². The minimum atomic E-state index is -0.213. The van der Waals surface area contributed by atoms with Gasteiger partial charge in [-0.25, -0.2) is 4.98 Å². The highest BCUT2D eigenvalue weighted by molar-refractivity contribution is 7.14. The SMILES string of the molecule is CC(CN)C(=O)Nc1nc(-c2ccc3c(c2)CCO3)cs1.Cl. The number of amides is 1. The van der Waals surface area contributed by atoms with Gasteiger partial charge in [-0.05, 0) is 23.8 Å². The standard InChI is InChI=1S/C15H17N3O2S.ClH/c1-9(7-16)14(19)18-15-17-12(8-21-15)10-2-3-13-11(6-10)4-5-20-13;/h2-3,6,8-9H,4-5,7,16H2,1H3,(H,17,18,19);1H. The summed E-state index contributed by atoms with van der Waals surface area (Å²) in [6.45, 7) is 2.87. The van der Waals surface area contributed by atoms with Gasteiger partial charge in [-0.1, -0.05) is 6.92 Å². The summed E-state index contributed by atoms with van der Waals surface area (Å²) in [6, 6.07) is 6.07. The first-order valence-electron chi connectivity index (χ1n) is 6.90. The monoisotopic (exact) mass is 339 g/mol. The summed E-state index contributed by atoms with van der Waals surface area (Å²) >= 11 is 1.42. The summed E-state index contributed by atoms with van der Waals surface area (Å²) in [5.41, 5.74) is 8.61. The van der Waals surface area contributed by atoms with E-state index in [2.05, 4.69) is 16.4 Å². The van der Waals surface area contributed by atoms with Crippen molar-refractivity contribution in [2.24, 2.45) is 11.7 Å². The number of fused-ring (bicyclic) bond motifs is 1. The smallest absolute Gasteiger partial charge is 0.230 e. The molecule has 1 aromatic carbocycles. The van der Waals surface area contributed by atoms with Crippen molar-refractivity contribution in [3.63, 3.8) is 0 Å². The van der Waals surface area contributed by atoms with Crippen LogP contribution in [0.2, 0.25) is 0 Å². The fraction of sp³-hybridized carbons (Fsp3) is 0.333. The molecule has 0 radical (unpaired) electrons. The molecular weight excluding hydrogens is 322 g/mol. The number of hydrogen-bond acceptors (Lipinski definition) is 5. The molecule has 0 spiro atoms. The summed E-state index contributed by atoms with van der Waals surface area (Å²) in [5.74, 6) is 0.648. The predicted molar refractivity (Wildman–Crippen MR) is 90.8 cm³/mol. The molecule has 1 amide bonds. The number of carbonyl (C=O) groups excluding carboxylic acids is 1. The summed E-state index contributed by atoms with van der Waals surface area (Å²) in [5, 5.41) is 5.35. The van der Waals surface area contributed by atoms with E-state index in [1.165, 1.54) is 16.9 Å². The molecule has 3 rings (SSSR count). The Morgan fingerprint density at radius 3 is 3.14 bits per heavy atom. The molecule has 1 atom stereocenters. The molecule has 0 bridgehead atoms. The Kier molecular flexibility index (Phi) is 5.39. The van der Waals surface area contributed by atoms with Crippen LogP contribution in [-0.2, 0) is 11.2 Å². The zero-order valence-corrected chi connectivity index (χ0v) is 13.8. The van der Waals surface area contributed by atoms with Crippen LogP contribution in [0.3, 0.4) is 0 Å². The van der Waals surface area contributed by atoms with Gasteiger partial charge in [0.05, 0.1) is 12.3 Å². The Labute approximate surface area is 139 Å². The van der Waals surface area contributed by atoms with E-state index in [9.17, 15) is 4.79 Å². The first-order valence-corrected chi connectivity index (χ1v) is 7.78. The van der Waals surface area contributed by atoms with Crippen LogP contribution in [0.1, 0.15) is 12.5 Å². The van der Waals surface area contributed by atoms with E-state index in [0.717, 1.165) is 30.0 Å². The van der Waals surface area contributed by atoms with Crippen LogP contribution in [0.25, 0.3) is 11.3 Å². The van der Waals surface area contributed by atoms with Gasteiger partial charge in [0.25, 0.3) is 0 Å². The molecular formula is C15H18ClN3O2S. The normalized spacial score (nSPS) is 13.7. The first-order chi connectivity index (χ1) is 10.2. The van der Waals surface area contributed by atoms with Crippen LogP contribution in [0.4, 0.5) is 5.13 Å². The van der Waals surface area contributed by atoms with Crippen LogP contribution >= 0.6 is 23.7 Å². The Morgan fingerprint density at radius 2 is 2.36 bits per heavy atom. The number of hydrogen-bond donors (Lipinski definition) is 2. The van der Waals surface area contributed by atoms with Crippen molar-refractivity contribution in [2.45, 2.75) is 13.3 Å². The van der Waals surface area contributed by atoms with Gasteiger partial charge in [-0.2, -0.15) is 0 Å². The number of nitrogens with one attached hydrogen (secondary N) is 1. The van der Waals surface area contributed by atoms with E-state index >= 15 is 0 Å². The number of carbonyl (C=O) groups is 1. The van der Waals surface area contributed by atoms with Gasteiger partial charge in [0, 0.05) is 29.8 Å². The third kappa shape index (κ3) is 3.40. The summed E-state index contributed by atoms with van der Waals surface area (Å²) in [4.78, 5) is 16.3. The molecule has 3 N–H and O–H groups in total. The Morgan fingerprint density at radius 1 is 1.55 bits per heavy atom. The summed E-state index contributed by atoms with van der Waals surface area (Å²) in [6.07, 6.45) is 0.935. The van der Waals surface area contributed by atoms with Crippen LogP contribution in [-0.4, -0.2) is 24.0 Å². The lowest BCUT2D eigenvalue weighted by atomic mass is 10.1. The molecule has 0 saturated heterocycles. The van der Waals surface area contributed by atoms with Gasteiger partial charge in [0.2, 0.25) is 5.91 Å². The third-order valence-electron chi connectivity index (χ3n) is 3.52. The number of ether oxygens (including phenoxy) is 1. The molecule has 22 heavy (non-hydrogen) atoms. The largest absolute Gasteiger partial charge is 0.493 e. The predicted octanol–water partition coefficient (Wildman–Crippen LogP) is 2.70. The van der Waals surface area contributed by atoms with Crippen molar-refractivity contribution < 1.29 is 9.53 Å². The fourth-order valence-corrected chi connectivity index (χ4v) is 2.87. The van der Waals surface area contributed by atoms with Crippen LogP contribution in [0, 0.1) is 5.92 Å². The number of rotatable bonds is 4. The second-order valence-electron chi connectivity index (χ2n) is 5.08. The second kappa shape index (κ2) is 7.09. The Bertz CT molecular complexity index is 675. The highest BCUT2D eigenvalue weighted by Crippen LogP contribution is 2.31. The van der Waals surface area contributed by atoms with Gasteiger partial charge < -0.3 is 15.8 Å². The maximum Gasteiger partial charge on any atom is 0.230 e. The molecule has 118 valence electrons. The molecule has 2 aromatic rings. The lowest BCUT2D eigenvalue weighted by Crippen LogP contribution is -2.26. The van der Waals surface area contributed by atoms with Crippen molar-refractivity contribution in [1.82, 2.24) is 4.98 Å². The lowest BCUT2D eigenvalue weighted by molar-refractivity contribution is -0.119. The van der Waals surface area contributed by atoms with Crippen molar-refractivity contribution in [3.8, 4) is 17.0 Å². The van der Waals surface area contributed by atoms with E-state index < -0.39 is 0 Å². The zero-order chi connectivity index (χ0) is 14.8. The number of thiazole rings is 1. The number of benzene rings is 1. The van der Waals surface area contributed by atoms with Gasteiger partial charge in [0.1, 0.15) is 5.75 Å². The van der Waals surface area contributed by atoms with Gasteiger partial charge in [-0.15, -0.1) is 23.7 Å². The number of halogens is 1. The molecule has 5 nitrogen and oxygen atoms in total. The lowest BCUT2D eigenvalue weighted by Gasteiger charge is -2.06. The van der Waals surface area contributed by atoms with Crippen LogP contribution in [0.15, 0.2) is 23.6 Å². The summed E-state index contributed by atoms with van der Waals surface area (Å²) in [7, 11) is 0. The number of nitrogens with zero attached hydrogens (tertiary/aromatic N) is 1. The third-order valence-corrected chi connectivity index (χ3v) is 4.28. The minimum Gasteiger partial charge on any atom is -0.493 e. The zero-order valence-electron chi connectivity index (χ0n) is 12.2. The van der Waals surface area contributed by atoms with Crippen molar-refractivity contribution in [2.75, 3.05) is 18.5 Å². The highest BCUT2D eigenvalue weighted by Gasteiger charge is 2.15. The molecule has 7 heteroatoms. The van der Waals surface area contributed by atoms with Crippen molar-refractivity contribution >= 4 is 34.8 Å². The quantitative estimate of drug-likeness (QED) is 0.897. The number of nitrogens with two attached hydrogens (primary N) is 1. The molecule has 1 aliphatic rings. The number of anilines is 1. The van der Waals surface area contributed by atoms with Gasteiger partial charge >= 0.3 is 0 Å². The van der Waals surface area contributed by atoms with Crippen LogP contribution < -0.4 is 15.8 Å². The highest BCUT2D eigenvalue weighted by atomic mass is 35.5. The molecule has 0 aliphatic carbocycles. The minimum absolute atomic E-state index is 0. The van der Waals surface area contributed by atoms with Gasteiger partial charge in [0.15, 0.2) is 5.13 Å². The summed E-state index contributed by atoms with van der Waals surface area (Å²) < 4.78 is 5.50. The second-order valence-corrected chi connectivity index (χ2v) is 5.94. The van der Waals surface area contributed by atoms with E-state index in [-0.39, 0.29) is 24.2 Å². The van der Waals surface area contributed by atoms with E-state index in [1.54, 1.807) is 6.92 Å². The Balaban J connectivity index is 0.00000176. The van der Waals surface area contributed by atoms with Crippen LogP contribution in [0.5, 0.6) is 5.75 Å². The molecule has 1 aliphatic heterocycles. The molecule has 1 aromatic heterocycles. The van der Waals surface area contributed by atoms with Gasteiger partial charge in [-0.3, -0.25) is 4.79 Å². The molecule has 0 saturated carbocycles. The molecule has 2 heterocycles. The van der Waals surface area contributed by atoms with Crippen molar-refractivity contribution in [3.05, 3.63) is 29.1 Å². The maximum atomic E-state index is 11.8. The topological polar surface area (TPSA) is 77.2 Å². The average molecular weight is 340 g/mol.